The van der Waals surface area contributed by atoms with Crippen molar-refractivity contribution in [1.29, 1.82) is 0 Å². The average molecular weight is 1140 g/mol. The van der Waals surface area contributed by atoms with Crippen LogP contribution < -0.4 is 5.32 Å². The Hall–Kier alpha value is -2.18. The second-order valence-electron chi connectivity index (χ2n) is 24.9. The number of aliphatic hydroxyl groups is 2. The van der Waals surface area contributed by atoms with Crippen molar-refractivity contribution in [2.45, 2.75) is 405 Å². The minimum Gasteiger partial charge on any atom is -0.466 e. The molecule has 0 spiro atoms. The van der Waals surface area contributed by atoms with Gasteiger partial charge in [0.15, 0.2) is 0 Å². The molecular weight excluding hydrogens is 995 g/mol. The van der Waals surface area contributed by atoms with Gasteiger partial charge in [-0.1, -0.05) is 339 Å². The van der Waals surface area contributed by atoms with E-state index < -0.39 is 12.1 Å². The highest BCUT2D eigenvalue weighted by molar-refractivity contribution is 5.76. The zero-order valence-electron chi connectivity index (χ0n) is 54.5. The van der Waals surface area contributed by atoms with Crippen LogP contribution in [0, 0.1) is 0 Å². The minimum absolute atomic E-state index is 0.00810. The maximum atomic E-state index is 12.5. The van der Waals surface area contributed by atoms with Gasteiger partial charge in [0.05, 0.1) is 25.4 Å². The lowest BCUT2D eigenvalue weighted by atomic mass is 10.0. The van der Waals surface area contributed by atoms with E-state index in [1.54, 1.807) is 6.08 Å². The molecule has 3 N–H and O–H groups in total. The van der Waals surface area contributed by atoms with Crippen molar-refractivity contribution >= 4 is 11.9 Å². The molecule has 81 heavy (non-hydrogen) atoms. The molecule has 0 fully saturated rings. The first-order valence-electron chi connectivity index (χ1n) is 36.4. The number of hydrogen-bond acceptors (Lipinski definition) is 5. The third-order valence-electron chi connectivity index (χ3n) is 16.8. The van der Waals surface area contributed by atoms with Crippen LogP contribution in [0.1, 0.15) is 393 Å². The fourth-order valence-corrected chi connectivity index (χ4v) is 11.3. The van der Waals surface area contributed by atoms with Gasteiger partial charge in [-0.2, -0.15) is 0 Å². The number of carbonyl (C=O) groups excluding carboxylic acids is 2. The summed E-state index contributed by atoms with van der Waals surface area (Å²) >= 11 is 0. The predicted molar refractivity (Wildman–Crippen MR) is 356 cm³/mol. The molecule has 1 amide bonds. The average Bonchev–Trinajstić information content (AvgIpc) is 3.47. The molecule has 0 saturated carbocycles. The summed E-state index contributed by atoms with van der Waals surface area (Å²) in [7, 11) is 0. The Labute approximate surface area is 506 Å². The molecule has 0 heterocycles. The first-order valence-corrected chi connectivity index (χ1v) is 36.4. The fourth-order valence-electron chi connectivity index (χ4n) is 11.3. The summed E-state index contributed by atoms with van der Waals surface area (Å²) in [5, 5.41) is 23.2. The number of aliphatic hydroxyl groups excluding tert-OH is 2. The van der Waals surface area contributed by atoms with Gasteiger partial charge in [0.1, 0.15) is 0 Å². The second-order valence-corrected chi connectivity index (χ2v) is 24.9. The van der Waals surface area contributed by atoms with Crippen molar-refractivity contribution < 1.29 is 24.5 Å². The molecule has 6 heteroatoms. The van der Waals surface area contributed by atoms with E-state index in [-0.39, 0.29) is 18.5 Å². The second kappa shape index (κ2) is 70.3. The third kappa shape index (κ3) is 66.8. The number of rotatable bonds is 68. The number of esters is 1. The van der Waals surface area contributed by atoms with Crippen molar-refractivity contribution in [2.24, 2.45) is 0 Å². The number of nitrogens with one attached hydrogen (secondary N) is 1. The minimum atomic E-state index is -0.843. The highest BCUT2D eigenvalue weighted by Gasteiger charge is 2.18. The van der Waals surface area contributed by atoms with Crippen molar-refractivity contribution in [3.63, 3.8) is 0 Å². The van der Waals surface area contributed by atoms with E-state index in [2.05, 4.69) is 55.6 Å². The highest BCUT2D eigenvalue weighted by atomic mass is 16.5. The first-order chi connectivity index (χ1) is 40.0. The molecule has 0 rings (SSSR count). The summed E-state index contributed by atoms with van der Waals surface area (Å²) in [4.78, 5) is 24.5. The zero-order chi connectivity index (χ0) is 58.5. The Bertz CT molecular complexity index is 1360. The van der Waals surface area contributed by atoms with Crippen LogP contribution in [0.2, 0.25) is 0 Å². The molecule has 476 valence electrons. The Balaban J connectivity index is 3.38. The molecule has 0 aliphatic carbocycles. The number of allylic oxidation sites excluding steroid dienone is 7. The first kappa shape index (κ1) is 78.8. The monoisotopic (exact) mass is 1140 g/mol. The van der Waals surface area contributed by atoms with E-state index in [9.17, 15) is 19.8 Å². The Morgan fingerprint density at radius 2 is 0.617 bits per heavy atom. The maximum Gasteiger partial charge on any atom is 0.305 e. The molecule has 6 nitrogen and oxygen atoms in total. The molecule has 0 aliphatic rings. The van der Waals surface area contributed by atoms with Gasteiger partial charge in [0.2, 0.25) is 5.91 Å². The van der Waals surface area contributed by atoms with Crippen molar-refractivity contribution in [3.8, 4) is 0 Å². The van der Waals surface area contributed by atoms with Gasteiger partial charge in [-0.15, -0.1) is 0 Å². The lowest BCUT2D eigenvalue weighted by Crippen LogP contribution is -2.45. The van der Waals surface area contributed by atoms with Crippen LogP contribution in [-0.4, -0.2) is 47.4 Å². The summed E-state index contributed by atoms with van der Waals surface area (Å²) in [6.07, 6.45) is 92.1. The van der Waals surface area contributed by atoms with Gasteiger partial charge >= 0.3 is 5.97 Å². The number of ether oxygens (including phenoxy) is 1. The molecule has 0 radical (unpaired) electrons. The molecule has 0 aromatic rings. The quantitative estimate of drug-likeness (QED) is 0.0320. The van der Waals surface area contributed by atoms with Crippen molar-refractivity contribution in [2.75, 3.05) is 13.2 Å². The standard InChI is InChI=1S/C75H141NO5/c1-3-5-7-9-11-13-15-17-40-43-47-51-55-59-63-67-73(78)72(71-77)76-74(79)68-64-60-56-52-48-44-41-38-36-34-32-30-28-26-24-22-20-19-21-23-25-27-29-31-33-35-37-39-42-46-50-54-58-62-66-70-81-75(80)69-65-61-57-53-49-45-18-16-14-12-10-8-6-4-2/h16,18,21,23,27,29,63,67,72-73,77-78H,3-15,17,19-20,22,24-26,28,30-62,64-66,68-71H2,1-2H3,(H,76,79)/b18-16-,23-21-,29-27-,67-63+. The molecule has 0 aromatic carbocycles. The molecule has 0 aromatic heterocycles. The summed E-state index contributed by atoms with van der Waals surface area (Å²) in [6, 6.07) is -0.626. The highest BCUT2D eigenvalue weighted by Crippen LogP contribution is 2.18. The van der Waals surface area contributed by atoms with Crippen LogP contribution in [-0.2, 0) is 14.3 Å². The van der Waals surface area contributed by atoms with Crippen LogP contribution in [0.3, 0.4) is 0 Å². The van der Waals surface area contributed by atoms with Crippen LogP contribution >= 0.6 is 0 Å². The van der Waals surface area contributed by atoms with Crippen LogP contribution in [0.5, 0.6) is 0 Å². The normalized spacial score (nSPS) is 12.8. The van der Waals surface area contributed by atoms with Gasteiger partial charge in [-0.3, -0.25) is 9.59 Å². The largest absolute Gasteiger partial charge is 0.466 e. The predicted octanol–water partition coefficient (Wildman–Crippen LogP) is 23.6. The Morgan fingerprint density at radius 1 is 0.346 bits per heavy atom. The topological polar surface area (TPSA) is 95.9 Å². The molecule has 0 bridgehead atoms. The van der Waals surface area contributed by atoms with E-state index in [4.69, 9.17) is 4.74 Å². The van der Waals surface area contributed by atoms with Crippen molar-refractivity contribution in [3.05, 3.63) is 48.6 Å². The van der Waals surface area contributed by atoms with Crippen LogP contribution in [0.25, 0.3) is 0 Å². The Morgan fingerprint density at radius 3 is 0.951 bits per heavy atom. The molecule has 0 aliphatic heterocycles. The van der Waals surface area contributed by atoms with E-state index in [0.29, 0.717) is 19.4 Å². The van der Waals surface area contributed by atoms with Gasteiger partial charge in [0.25, 0.3) is 0 Å². The number of hydrogen-bond donors (Lipinski definition) is 3. The summed E-state index contributed by atoms with van der Waals surface area (Å²) in [6.45, 7) is 4.91. The molecular formula is C75H141NO5. The van der Waals surface area contributed by atoms with E-state index in [0.717, 1.165) is 51.4 Å². The van der Waals surface area contributed by atoms with E-state index in [1.807, 2.05) is 6.08 Å². The van der Waals surface area contributed by atoms with Gasteiger partial charge in [-0.05, 0) is 89.9 Å². The molecule has 2 atom stereocenters. The smallest absolute Gasteiger partial charge is 0.305 e. The maximum absolute atomic E-state index is 12.5. The lowest BCUT2D eigenvalue weighted by Gasteiger charge is -2.20. The van der Waals surface area contributed by atoms with Gasteiger partial charge < -0.3 is 20.3 Å². The van der Waals surface area contributed by atoms with Crippen LogP contribution in [0.15, 0.2) is 48.6 Å². The van der Waals surface area contributed by atoms with Crippen LogP contribution in [0.4, 0.5) is 0 Å². The fraction of sp³-hybridized carbons (Fsp3) is 0.867. The molecule has 0 saturated heterocycles. The number of unbranched alkanes of at least 4 members (excludes halogenated alkanes) is 51. The lowest BCUT2D eigenvalue weighted by molar-refractivity contribution is -0.143. The summed E-state index contributed by atoms with van der Waals surface area (Å²) in [5.41, 5.74) is 0. The summed E-state index contributed by atoms with van der Waals surface area (Å²) in [5.74, 6) is -0.0556. The van der Waals surface area contributed by atoms with Gasteiger partial charge in [-0.25, -0.2) is 0 Å². The number of carbonyl (C=O) groups is 2. The molecule has 2 unspecified atom stereocenters. The Kier molecular flexibility index (Phi) is 68.4. The van der Waals surface area contributed by atoms with Crippen molar-refractivity contribution in [1.82, 2.24) is 5.32 Å². The van der Waals surface area contributed by atoms with E-state index in [1.165, 1.54) is 315 Å². The van der Waals surface area contributed by atoms with Gasteiger partial charge in [0, 0.05) is 12.8 Å². The zero-order valence-corrected chi connectivity index (χ0v) is 54.5. The SMILES string of the molecule is CCCCCCC/C=C\CCCCCCCC(=O)OCCCCCCCCCCCCC/C=C\C/C=C\CCCCCCCCCCCCCCCCCCCC(=O)NC(CO)C(O)/C=C/CCCCCCCCCCCCCCC. The number of amides is 1. The summed E-state index contributed by atoms with van der Waals surface area (Å²) < 4.78 is 5.48. The third-order valence-corrected chi connectivity index (χ3v) is 16.8. The van der Waals surface area contributed by atoms with E-state index >= 15 is 0 Å².